The van der Waals surface area contributed by atoms with Crippen molar-refractivity contribution in [1.82, 2.24) is 10.2 Å². The highest BCUT2D eigenvalue weighted by Gasteiger charge is 2.16. The Bertz CT molecular complexity index is 572. The Kier molecular flexibility index (Phi) is 4.29. The fourth-order valence-corrected chi connectivity index (χ4v) is 1.83. The molecule has 1 heterocycles. The van der Waals surface area contributed by atoms with E-state index in [2.05, 4.69) is 15.5 Å². The second-order valence-corrected chi connectivity index (χ2v) is 4.65. The number of hydrogen-bond donors (Lipinski definition) is 2. The monoisotopic (exact) mass is 299 g/mol. The van der Waals surface area contributed by atoms with Crippen LogP contribution in [-0.2, 0) is 4.79 Å². The number of rotatable bonds is 4. The third kappa shape index (κ3) is 3.62. The van der Waals surface area contributed by atoms with Gasteiger partial charge in [-0.15, -0.1) is 0 Å². The van der Waals surface area contributed by atoms with Crippen LogP contribution in [0.25, 0.3) is 0 Å². The minimum absolute atomic E-state index is 0.299. The summed E-state index contributed by atoms with van der Waals surface area (Å²) in [6.45, 7) is 1.63. The highest BCUT2D eigenvalue weighted by Crippen LogP contribution is 2.28. The zero-order valence-corrected chi connectivity index (χ0v) is 11.5. The number of carbonyl (C=O) groups is 1. The molecule has 0 aliphatic heterocycles. The SMILES string of the molecule is CC(Oc1ccc(Cl)cc1Cl)C(=O)Nc1cn[nH]c1. The summed E-state index contributed by atoms with van der Waals surface area (Å²) in [6, 6.07) is 4.81. The molecule has 0 aliphatic rings. The van der Waals surface area contributed by atoms with Gasteiger partial charge in [-0.2, -0.15) is 5.10 Å². The van der Waals surface area contributed by atoms with Crippen molar-refractivity contribution in [3.05, 3.63) is 40.6 Å². The van der Waals surface area contributed by atoms with Gasteiger partial charge in [-0.3, -0.25) is 9.89 Å². The number of halogens is 2. The molecule has 0 spiro atoms. The number of ether oxygens (including phenoxy) is 1. The van der Waals surface area contributed by atoms with Crippen LogP contribution in [0, 0.1) is 0 Å². The molecular formula is C12H11Cl2N3O2. The van der Waals surface area contributed by atoms with E-state index in [1.165, 1.54) is 6.20 Å². The van der Waals surface area contributed by atoms with E-state index in [9.17, 15) is 4.79 Å². The molecule has 2 rings (SSSR count). The van der Waals surface area contributed by atoms with Crippen LogP contribution in [0.15, 0.2) is 30.6 Å². The van der Waals surface area contributed by atoms with Crippen LogP contribution in [0.5, 0.6) is 5.75 Å². The van der Waals surface area contributed by atoms with E-state index in [-0.39, 0.29) is 5.91 Å². The molecule has 1 amide bonds. The van der Waals surface area contributed by atoms with Gasteiger partial charge in [0.05, 0.1) is 16.9 Å². The fourth-order valence-electron chi connectivity index (χ4n) is 1.38. The zero-order chi connectivity index (χ0) is 13.8. The molecule has 0 saturated heterocycles. The number of anilines is 1. The molecule has 19 heavy (non-hydrogen) atoms. The molecule has 1 atom stereocenters. The van der Waals surface area contributed by atoms with Gasteiger partial charge < -0.3 is 10.1 Å². The molecule has 0 saturated carbocycles. The predicted octanol–water partition coefficient (Wildman–Crippen LogP) is 3.12. The van der Waals surface area contributed by atoms with Crippen molar-refractivity contribution in [2.24, 2.45) is 0 Å². The van der Waals surface area contributed by atoms with Crippen LogP contribution in [0.3, 0.4) is 0 Å². The maximum absolute atomic E-state index is 11.8. The number of aromatic nitrogens is 2. The van der Waals surface area contributed by atoms with Gasteiger partial charge in [0.1, 0.15) is 5.75 Å². The van der Waals surface area contributed by atoms with Crippen molar-refractivity contribution in [3.8, 4) is 5.75 Å². The zero-order valence-electron chi connectivity index (χ0n) is 9.98. The minimum Gasteiger partial charge on any atom is -0.479 e. The van der Waals surface area contributed by atoms with Gasteiger partial charge in [-0.05, 0) is 25.1 Å². The molecule has 1 aromatic heterocycles. The standard InChI is InChI=1S/C12H11Cl2N3O2/c1-7(12(18)17-9-5-15-16-6-9)19-11-3-2-8(13)4-10(11)14/h2-7H,1H3,(H,15,16)(H,17,18). The van der Waals surface area contributed by atoms with Crippen molar-refractivity contribution in [3.63, 3.8) is 0 Å². The first-order chi connectivity index (χ1) is 9.06. The quantitative estimate of drug-likeness (QED) is 0.911. The average Bonchev–Trinajstić information content (AvgIpc) is 2.85. The van der Waals surface area contributed by atoms with E-state index in [4.69, 9.17) is 27.9 Å². The molecule has 7 heteroatoms. The molecule has 0 bridgehead atoms. The lowest BCUT2D eigenvalue weighted by atomic mass is 10.3. The van der Waals surface area contributed by atoms with Crippen molar-refractivity contribution in [1.29, 1.82) is 0 Å². The fraction of sp³-hybridized carbons (Fsp3) is 0.167. The number of benzene rings is 1. The van der Waals surface area contributed by atoms with Gasteiger partial charge in [-0.1, -0.05) is 23.2 Å². The third-order valence-corrected chi connectivity index (χ3v) is 2.86. The maximum Gasteiger partial charge on any atom is 0.265 e. The summed E-state index contributed by atoms with van der Waals surface area (Å²) >= 11 is 11.7. The summed E-state index contributed by atoms with van der Waals surface area (Å²) < 4.78 is 5.48. The van der Waals surface area contributed by atoms with Crippen LogP contribution in [0.1, 0.15) is 6.92 Å². The number of H-pyrrole nitrogens is 1. The summed E-state index contributed by atoms with van der Waals surface area (Å²) in [7, 11) is 0. The molecule has 0 fully saturated rings. The topological polar surface area (TPSA) is 67.0 Å². The third-order valence-electron chi connectivity index (χ3n) is 2.33. The summed E-state index contributed by atoms with van der Waals surface area (Å²) in [6.07, 6.45) is 2.37. The molecule has 5 nitrogen and oxygen atoms in total. The Morgan fingerprint density at radius 2 is 2.26 bits per heavy atom. The van der Waals surface area contributed by atoms with Crippen molar-refractivity contribution >= 4 is 34.8 Å². The predicted molar refractivity (Wildman–Crippen MR) is 73.8 cm³/mol. The average molecular weight is 300 g/mol. The molecule has 1 unspecified atom stereocenters. The van der Waals surface area contributed by atoms with Crippen LogP contribution < -0.4 is 10.1 Å². The second-order valence-electron chi connectivity index (χ2n) is 3.81. The Labute approximate surface area is 119 Å². The second kappa shape index (κ2) is 5.95. The molecule has 1 aromatic carbocycles. The van der Waals surface area contributed by atoms with Crippen LogP contribution in [0.4, 0.5) is 5.69 Å². The number of nitrogens with one attached hydrogen (secondary N) is 2. The lowest BCUT2D eigenvalue weighted by Crippen LogP contribution is -2.30. The summed E-state index contributed by atoms with van der Waals surface area (Å²) in [5.41, 5.74) is 0.572. The maximum atomic E-state index is 11.8. The Hall–Kier alpha value is -1.72. The van der Waals surface area contributed by atoms with Crippen molar-refractivity contribution < 1.29 is 9.53 Å². The van der Waals surface area contributed by atoms with E-state index >= 15 is 0 Å². The summed E-state index contributed by atoms with van der Waals surface area (Å²) in [5, 5.41) is 9.83. The first kappa shape index (κ1) is 13.7. The van der Waals surface area contributed by atoms with Gasteiger partial charge >= 0.3 is 0 Å². The first-order valence-corrected chi connectivity index (χ1v) is 6.23. The Balaban J connectivity index is 2.00. The van der Waals surface area contributed by atoms with E-state index in [1.54, 1.807) is 31.3 Å². The minimum atomic E-state index is -0.700. The lowest BCUT2D eigenvalue weighted by molar-refractivity contribution is -0.122. The highest BCUT2D eigenvalue weighted by atomic mass is 35.5. The van der Waals surface area contributed by atoms with E-state index in [0.29, 0.717) is 21.5 Å². The Morgan fingerprint density at radius 3 is 2.89 bits per heavy atom. The number of nitrogens with zero attached hydrogens (tertiary/aromatic N) is 1. The van der Waals surface area contributed by atoms with Crippen LogP contribution in [-0.4, -0.2) is 22.2 Å². The molecular weight excluding hydrogens is 289 g/mol. The summed E-state index contributed by atoms with van der Waals surface area (Å²) in [5.74, 6) is 0.105. The van der Waals surface area contributed by atoms with Crippen LogP contribution >= 0.6 is 23.2 Å². The van der Waals surface area contributed by atoms with Gasteiger partial charge in [-0.25, -0.2) is 0 Å². The molecule has 2 N–H and O–H groups in total. The van der Waals surface area contributed by atoms with Gasteiger partial charge in [0, 0.05) is 11.2 Å². The van der Waals surface area contributed by atoms with Gasteiger partial charge in [0.2, 0.25) is 0 Å². The van der Waals surface area contributed by atoms with Crippen molar-refractivity contribution in [2.45, 2.75) is 13.0 Å². The molecule has 0 aliphatic carbocycles. The van der Waals surface area contributed by atoms with E-state index in [0.717, 1.165) is 0 Å². The first-order valence-electron chi connectivity index (χ1n) is 5.47. The number of amides is 1. The number of carbonyl (C=O) groups excluding carboxylic acids is 1. The normalized spacial score (nSPS) is 11.9. The molecule has 2 aromatic rings. The summed E-state index contributed by atoms with van der Waals surface area (Å²) in [4.78, 5) is 11.8. The molecule has 100 valence electrons. The van der Waals surface area contributed by atoms with Crippen LogP contribution in [0.2, 0.25) is 10.0 Å². The number of hydrogen-bond acceptors (Lipinski definition) is 3. The van der Waals surface area contributed by atoms with Crippen molar-refractivity contribution in [2.75, 3.05) is 5.32 Å². The van der Waals surface area contributed by atoms with E-state index < -0.39 is 6.10 Å². The largest absolute Gasteiger partial charge is 0.479 e. The Morgan fingerprint density at radius 1 is 1.47 bits per heavy atom. The van der Waals surface area contributed by atoms with Gasteiger partial charge in [0.25, 0.3) is 5.91 Å². The highest BCUT2D eigenvalue weighted by molar-refractivity contribution is 6.35. The van der Waals surface area contributed by atoms with Gasteiger partial charge in [0.15, 0.2) is 6.10 Å². The molecule has 0 radical (unpaired) electrons. The van der Waals surface area contributed by atoms with E-state index in [1.807, 2.05) is 0 Å². The smallest absolute Gasteiger partial charge is 0.265 e. The lowest BCUT2D eigenvalue weighted by Gasteiger charge is -2.15. The number of aromatic amines is 1.